The standard InChI is InChI=1S/C29H33N7O3/c1-38-18-16-31-15-5-10-25(37)35-17-6-7-22(19-35)36-29-26(28(30)32-20-33-29)27(34-36)21-11-13-24(14-12-21)39-23-8-3-2-4-9-23/h2-5,8-14,20,22,31H,6-7,15-19H2,1H3,(H2,30,32,33)/b10-5+. The van der Waals surface area contributed by atoms with Gasteiger partial charge in [-0.25, -0.2) is 14.6 Å². The first-order chi connectivity index (χ1) is 19.1. The van der Waals surface area contributed by atoms with E-state index >= 15 is 0 Å². The van der Waals surface area contributed by atoms with Crippen LogP contribution in [0.15, 0.2) is 73.1 Å². The number of rotatable bonds is 10. The van der Waals surface area contributed by atoms with E-state index in [4.69, 9.17) is 20.3 Å². The van der Waals surface area contributed by atoms with E-state index < -0.39 is 0 Å². The molecule has 2 aromatic carbocycles. The maximum Gasteiger partial charge on any atom is 0.246 e. The van der Waals surface area contributed by atoms with Gasteiger partial charge >= 0.3 is 0 Å². The van der Waals surface area contributed by atoms with Crippen molar-refractivity contribution in [1.82, 2.24) is 30.0 Å². The zero-order valence-corrected chi connectivity index (χ0v) is 22.0. The van der Waals surface area contributed by atoms with Crippen molar-refractivity contribution < 1.29 is 14.3 Å². The summed E-state index contributed by atoms with van der Waals surface area (Å²) >= 11 is 0. The fraction of sp³-hybridized carbons (Fsp3) is 0.310. The summed E-state index contributed by atoms with van der Waals surface area (Å²) in [6.07, 6.45) is 6.70. The minimum Gasteiger partial charge on any atom is -0.457 e. The Balaban J connectivity index is 1.35. The average molecular weight is 528 g/mol. The molecule has 39 heavy (non-hydrogen) atoms. The topological polar surface area (TPSA) is 120 Å². The summed E-state index contributed by atoms with van der Waals surface area (Å²) in [6, 6.07) is 17.3. The number of carbonyl (C=O) groups excluding carboxylic acids is 1. The lowest BCUT2D eigenvalue weighted by atomic mass is 10.1. The number of nitrogens with one attached hydrogen (secondary N) is 1. The van der Waals surface area contributed by atoms with Gasteiger partial charge in [-0.2, -0.15) is 5.10 Å². The smallest absolute Gasteiger partial charge is 0.246 e. The van der Waals surface area contributed by atoms with Gasteiger partial charge in [0.2, 0.25) is 5.91 Å². The van der Waals surface area contributed by atoms with Crippen molar-refractivity contribution in [2.24, 2.45) is 0 Å². The second-order valence-electron chi connectivity index (χ2n) is 9.37. The minimum absolute atomic E-state index is 0.00642. The van der Waals surface area contributed by atoms with Crippen LogP contribution >= 0.6 is 0 Å². The Morgan fingerprint density at radius 1 is 1.13 bits per heavy atom. The lowest BCUT2D eigenvalue weighted by Crippen LogP contribution is -2.40. The van der Waals surface area contributed by atoms with E-state index in [-0.39, 0.29) is 11.9 Å². The van der Waals surface area contributed by atoms with Crippen LogP contribution < -0.4 is 15.8 Å². The Labute approximate surface area is 227 Å². The number of piperidine rings is 1. The number of amides is 1. The number of fused-ring (bicyclic) bond motifs is 1. The fourth-order valence-electron chi connectivity index (χ4n) is 4.74. The number of benzene rings is 2. The number of nitrogens with two attached hydrogens (primary N) is 1. The highest BCUT2D eigenvalue weighted by molar-refractivity contribution is 5.98. The van der Waals surface area contributed by atoms with Crippen molar-refractivity contribution in [2.45, 2.75) is 18.9 Å². The molecule has 10 nitrogen and oxygen atoms in total. The molecular weight excluding hydrogens is 494 g/mol. The van der Waals surface area contributed by atoms with Crippen molar-refractivity contribution in [1.29, 1.82) is 0 Å². The molecule has 0 aliphatic carbocycles. The molecule has 1 saturated heterocycles. The molecule has 5 rings (SSSR count). The molecule has 1 unspecified atom stereocenters. The summed E-state index contributed by atoms with van der Waals surface area (Å²) in [6.45, 7) is 3.25. The minimum atomic E-state index is -0.0258. The number of aromatic nitrogens is 4. The molecule has 10 heteroatoms. The summed E-state index contributed by atoms with van der Waals surface area (Å²) in [7, 11) is 1.66. The van der Waals surface area contributed by atoms with Gasteiger partial charge in [0.1, 0.15) is 29.3 Å². The van der Waals surface area contributed by atoms with Gasteiger partial charge in [-0.05, 0) is 49.2 Å². The van der Waals surface area contributed by atoms with Crippen LogP contribution in [-0.4, -0.2) is 70.5 Å². The van der Waals surface area contributed by atoms with Crippen LogP contribution in [0.4, 0.5) is 5.82 Å². The SMILES string of the molecule is COCCNC/C=C/C(=O)N1CCCC(n2nc(-c3ccc(Oc4ccccc4)cc3)c3c(N)ncnc32)C1. The van der Waals surface area contributed by atoms with Crippen LogP contribution in [0.1, 0.15) is 18.9 Å². The molecule has 3 N–H and O–H groups in total. The fourth-order valence-corrected chi connectivity index (χ4v) is 4.74. The number of para-hydroxylation sites is 1. The van der Waals surface area contributed by atoms with Crippen LogP contribution in [0.2, 0.25) is 0 Å². The number of carbonyl (C=O) groups is 1. The van der Waals surface area contributed by atoms with Crippen LogP contribution in [-0.2, 0) is 9.53 Å². The molecule has 1 aliphatic heterocycles. The zero-order valence-electron chi connectivity index (χ0n) is 22.0. The van der Waals surface area contributed by atoms with Crippen LogP contribution in [0.3, 0.4) is 0 Å². The summed E-state index contributed by atoms with van der Waals surface area (Å²) in [5, 5.41) is 8.89. The molecular formula is C29H33N7O3. The van der Waals surface area contributed by atoms with Crippen molar-refractivity contribution in [3.05, 3.63) is 73.1 Å². The molecule has 202 valence electrons. The van der Waals surface area contributed by atoms with Gasteiger partial charge in [-0.15, -0.1) is 0 Å². The number of nitrogen functional groups attached to an aromatic ring is 1. The number of hydrogen-bond acceptors (Lipinski definition) is 8. The largest absolute Gasteiger partial charge is 0.457 e. The first-order valence-electron chi connectivity index (χ1n) is 13.1. The third-order valence-electron chi connectivity index (χ3n) is 6.68. The zero-order chi connectivity index (χ0) is 27.0. The van der Waals surface area contributed by atoms with Crippen molar-refractivity contribution in [2.75, 3.05) is 45.6 Å². The number of anilines is 1. The van der Waals surface area contributed by atoms with E-state index in [0.717, 1.165) is 36.4 Å². The number of hydrogen-bond donors (Lipinski definition) is 2. The summed E-state index contributed by atoms with van der Waals surface area (Å²) in [4.78, 5) is 23.5. The molecule has 0 spiro atoms. The Kier molecular flexibility index (Phi) is 8.45. The first kappa shape index (κ1) is 26.3. The Hall–Kier alpha value is -4.28. The number of methoxy groups -OCH3 is 1. The van der Waals surface area contributed by atoms with Crippen LogP contribution in [0, 0.1) is 0 Å². The second kappa shape index (κ2) is 12.5. The lowest BCUT2D eigenvalue weighted by molar-refractivity contribution is -0.127. The van der Waals surface area contributed by atoms with Gasteiger partial charge in [0.05, 0.1) is 18.0 Å². The van der Waals surface area contributed by atoms with Gasteiger partial charge in [0, 0.05) is 44.9 Å². The predicted octanol–water partition coefficient (Wildman–Crippen LogP) is 3.82. The average Bonchev–Trinajstić information content (AvgIpc) is 3.37. The van der Waals surface area contributed by atoms with Crippen LogP contribution in [0.5, 0.6) is 11.5 Å². The predicted molar refractivity (Wildman–Crippen MR) is 150 cm³/mol. The first-order valence-corrected chi connectivity index (χ1v) is 13.1. The van der Waals surface area contributed by atoms with Gasteiger partial charge in [-0.3, -0.25) is 4.79 Å². The molecule has 0 saturated carbocycles. The van der Waals surface area contributed by atoms with Gasteiger partial charge in [-0.1, -0.05) is 24.3 Å². The number of ether oxygens (including phenoxy) is 2. The third kappa shape index (κ3) is 6.24. The Morgan fingerprint density at radius 2 is 1.92 bits per heavy atom. The second-order valence-corrected chi connectivity index (χ2v) is 9.37. The molecule has 4 aromatic rings. The highest BCUT2D eigenvalue weighted by atomic mass is 16.5. The summed E-state index contributed by atoms with van der Waals surface area (Å²) in [5.74, 6) is 1.86. The highest BCUT2D eigenvalue weighted by Gasteiger charge is 2.28. The van der Waals surface area contributed by atoms with Gasteiger partial charge in [0.25, 0.3) is 0 Å². The Bertz CT molecular complexity index is 1420. The number of nitrogens with zero attached hydrogens (tertiary/aromatic N) is 5. The maximum absolute atomic E-state index is 12.9. The molecule has 3 heterocycles. The number of likely N-dealkylation sites (tertiary alicyclic amines) is 1. The van der Waals surface area contributed by atoms with E-state index in [2.05, 4.69) is 15.3 Å². The van der Waals surface area contributed by atoms with E-state index in [0.29, 0.717) is 48.8 Å². The molecule has 1 aliphatic rings. The lowest BCUT2D eigenvalue weighted by Gasteiger charge is -2.32. The monoisotopic (exact) mass is 527 g/mol. The normalized spacial score (nSPS) is 15.7. The molecule has 0 radical (unpaired) electrons. The molecule has 1 atom stereocenters. The van der Waals surface area contributed by atoms with Gasteiger partial charge in [0.15, 0.2) is 5.65 Å². The van der Waals surface area contributed by atoms with E-state index in [1.807, 2.05) is 70.3 Å². The third-order valence-corrected chi connectivity index (χ3v) is 6.68. The van der Waals surface area contributed by atoms with Crippen LogP contribution in [0.25, 0.3) is 22.3 Å². The molecule has 1 amide bonds. The van der Waals surface area contributed by atoms with Crippen molar-refractivity contribution in [3.63, 3.8) is 0 Å². The van der Waals surface area contributed by atoms with E-state index in [1.165, 1.54) is 6.33 Å². The van der Waals surface area contributed by atoms with Gasteiger partial charge < -0.3 is 25.4 Å². The summed E-state index contributed by atoms with van der Waals surface area (Å²) < 4.78 is 12.9. The van der Waals surface area contributed by atoms with E-state index in [9.17, 15) is 4.79 Å². The summed E-state index contributed by atoms with van der Waals surface area (Å²) in [5.41, 5.74) is 8.58. The molecule has 2 aromatic heterocycles. The maximum atomic E-state index is 12.9. The van der Waals surface area contributed by atoms with Crippen molar-refractivity contribution >= 4 is 22.8 Å². The quantitative estimate of drug-likeness (QED) is 0.236. The van der Waals surface area contributed by atoms with E-state index in [1.54, 1.807) is 13.2 Å². The molecule has 1 fully saturated rings. The van der Waals surface area contributed by atoms with Crippen molar-refractivity contribution in [3.8, 4) is 22.8 Å². The highest BCUT2D eigenvalue weighted by Crippen LogP contribution is 2.34. The molecule has 0 bridgehead atoms. The Morgan fingerprint density at radius 3 is 2.72 bits per heavy atom.